The van der Waals surface area contributed by atoms with E-state index in [2.05, 4.69) is 17.1 Å². The smallest absolute Gasteiger partial charge is 0.248 e. The predicted octanol–water partition coefficient (Wildman–Crippen LogP) is 2.27. The first-order chi connectivity index (χ1) is 10.3. The van der Waals surface area contributed by atoms with Crippen molar-refractivity contribution in [2.75, 3.05) is 26.8 Å². The highest BCUT2D eigenvalue weighted by Gasteiger charge is 2.26. The molecule has 1 fully saturated rings. The normalized spacial score (nSPS) is 18.3. The van der Waals surface area contributed by atoms with Gasteiger partial charge in [0, 0.05) is 31.8 Å². The van der Waals surface area contributed by atoms with Gasteiger partial charge in [-0.25, -0.2) is 0 Å². The average Bonchev–Trinajstić information content (AvgIpc) is 2.96. The van der Waals surface area contributed by atoms with E-state index in [4.69, 9.17) is 4.74 Å². The van der Waals surface area contributed by atoms with Crippen molar-refractivity contribution in [2.24, 2.45) is 5.92 Å². The zero-order valence-electron chi connectivity index (χ0n) is 12.3. The van der Waals surface area contributed by atoms with Gasteiger partial charge in [0.15, 0.2) is 0 Å². The van der Waals surface area contributed by atoms with Crippen LogP contribution >= 0.6 is 0 Å². The fourth-order valence-electron chi connectivity index (χ4n) is 3.00. The Bertz CT molecular complexity index is 641. The van der Waals surface area contributed by atoms with Crippen LogP contribution in [-0.2, 0) is 16.0 Å². The van der Waals surface area contributed by atoms with Crippen LogP contribution in [0.1, 0.15) is 12.0 Å². The lowest BCUT2D eigenvalue weighted by atomic mass is 9.99. The summed E-state index contributed by atoms with van der Waals surface area (Å²) in [5, 5.41) is 1.18. The van der Waals surface area contributed by atoms with Crippen LogP contribution in [0.25, 0.3) is 10.9 Å². The summed E-state index contributed by atoms with van der Waals surface area (Å²) in [6.45, 7) is 1.85. The van der Waals surface area contributed by atoms with E-state index in [1.807, 2.05) is 29.3 Å². The molecule has 21 heavy (non-hydrogen) atoms. The van der Waals surface area contributed by atoms with E-state index < -0.39 is 0 Å². The van der Waals surface area contributed by atoms with E-state index in [1.165, 1.54) is 10.9 Å². The molecule has 4 heteroatoms. The van der Waals surface area contributed by atoms with Gasteiger partial charge < -0.3 is 9.64 Å². The number of pyridine rings is 1. The van der Waals surface area contributed by atoms with Crippen LogP contribution < -0.4 is 0 Å². The molecule has 110 valence electrons. The average molecular weight is 284 g/mol. The van der Waals surface area contributed by atoms with Gasteiger partial charge in [-0.05, 0) is 36.5 Å². The van der Waals surface area contributed by atoms with Gasteiger partial charge in [-0.2, -0.15) is 0 Å². The van der Waals surface area contributed by atoms with Crippen molar-refractivity contribution in [1.82, 2.24) is 9.88 Å². The molecular formula is C17H20N2O2. The van der Waals surface area contributed by atoms with Crippen molar-refractivity contribution in [1.29, 1.82) is 0 Å². The van der Waals surface area contributed by atoms with E-state index in [9.17, 15) is 4.79 Å². The van der Waals surface area contributed by atoms with E-state index in [0.29, 0.717) is 5.92 Å². The largest absolute Gasteiger partial charge is 0.375 e. The van der Waals surface area contributed by atoms with Crippen molar-refractivity contribution in [3.05, 3.63) is 42.1 Å². The van der Waals surface area contributed by atoms with Crippen LogP contribution in [0.4, 0.5) is 0 Å². The maximum absolute atomic E-state index is 11.8. The second-order valence-corrected chi connectivity index (χ2v) is 5.67. The van der Waals surface area contributed by atoms with Crippen LogP contribution in [0.5, 0.6) is 0 Å². The number of methoxy groups -OCH3 is 1. The van der Waals surface area contributed by atoms with E-state index in [1.54, 1.807) is 7.11 Å². The van der Waals surface area contributed by atoms with Crippen LogP contribution in [0.3, 0.4) is 0 Å². The molecule has 0 N–H and O–H groups in total. The molecule has 1 aromatic heterocycles. The van der Waals surface area contributed by atoms with Crippen LogP contribution in [0.2, 0.25) is 0 Å². The number of likely N-dealkylation sites (tertiary alicyclic amines) is 1. The molecule has 0 saturated carbocycles. The summed E-state index contributed by atoms with van der Waals surface area (Å²) in [4.78, 5) is 18.2. The first kappa shape index (κ1) is 14.0. The number of aromatic nitrogens is 1. The fourth-order valence-corrected chi connectivity index (χ4v) is 3.00. The first-order valence-corrected chi connectivity index (χ1v) is 7.36. The molecule has 4 nitrogen and oxygen atoms in total. The molecule has 0 spiro atoms. The Morgan fingerprint density at radius 2 is 2.29 bits per heavy atom. The summed E-state index contributed by atoms with van der Waals surface area (Å²) in [6, 6.07) is 10.4. The number of rotatable bonds is 4. The van der Waals surface area contributed by atoms with Crippen molar-refractivity contribution in [3.63, 3.8) is 0 Å². The van der Waals surface area contributed by atoms with Gasteiger partial charge >= 0.3 is 0 Å². The van der Waals surface area contributed by atoms with Crippen LogP contribution in [0, 0.1) is 5.92 Å². The van der Waals surface area contributed by atoms with Crippen LogP contribution in [-0.4, -0.2) is 42.6 Å². The molecule has 1 aliphatic rings. The lowest BCUT2D eigenvalue weighted by Gasteiger charge is -2.16. The van der Waals surface area contributed by atoms with Crippen molar-refractivity contribution in [3.8, 4) is 0 Å². The van der Waals surface area contributed by atoms with Gasteiger partial charge in [-0.15, -0.1) is 0 Å². The number of ether oxygens (including phenoxy) is 1. The zero-order valence-corrected chi connectivity index (χ0v) is 12.3. The highest BCUT2D eigenvalue weighted by Crippen LogP contribution is 2.22. The lowest BCUT2D eigenvalue weighted by molar-refractivity contribution is -0.134. The molecule has 1 amide bonds. The number of hydrogen-bond acceptors (Lipinski definition) is 3. The van der Waals surface area contributed by atoms with E-state index in [-0.39, 0.29) is 12.5 Å². The molecule has 0 radical (unpaired) electrons. The third kappa shape index (κ3) is 3.22. The predicted molar refractivity (Wildman–Crippen MR) is 82.0 cm³/mol. The standard InChI is InChI=1S/C17H20N2O2/c1-21-12-17(20)19-7-6-13(11-19)8-14-9-15-4-2-3-5-16(15)18-10-14/h2-5,9-10,13H,6-8,11-12H2,1H3. The van der Waals surface area contributed by atoms with Gasteiger partial charge in [0.2, 0.25) is 5.91 Å². The number of amides is 1. The number of hydrogen-bond donors (Lipinski definition) is 0. The highest BCUT2D eigenvalue weighted by molar-refractivity contribution is 5.79. The Morgan fingerprint density at radius 1 is 1.43 bits per heavy atom. The van der Waals surface area contributed by atoms with E-state index >= 15 is 0 Å². The summed E-state index contributed by atoms with van der Waals surface area (Å²) < 4.78 is 4.92. The molecular weight excluding hydrogens is 264 g/mol. The summed E-state index contributed by atoms with van der Waals surface area (Å²) >= 11 is 0. The second kappa shape index (κ2) is 6.22. The van der Waals surface area contributed by atoms with Gasteiger partial charge in [0.25, 0.3) is 0 Å². The van der Waals surface area contributed by atoms with Crippen molar-refractivity contribution < 1.29 is 9.53 Å². The number of nitrogens with zero attached hydrogens (tertiary/aromatic N) is 2. The third-order valence-electron chi connectivity index (χ3n) is 4.08. The number of benzene rings is 1. The quantitative estimate of drug-likeness (QED) is 0.865. The molecule has 0 bridgehead atoms. The molecule has 1 saturated heterocycles. The second-order valence-electron chi connectivity index (χ2n) is 5.67. The van der Waals surface area contributed by atoms with E-state index in [0.717, 1.165) is 31.4 Å². The molecule has 3 rings (SSSR count). The van der Waals surface area contributed by atoms with Gasteiger partial charge in [-0.3, -0.25) is 9.78 Å². The molecule has 1 aliphatic heterocycles. The fraction of sp³-hybridized carbons (Fsp3) is 0.412. The topological polar surface area (TPSA) is 42.4 Å². The summed E-state index contributed by atoms with van der Waals surface area (Å²) in [7, 11) is 1.56. The maximum atomic E-state index is 11.8. The van der Waals surface area contributed by atoms with Gasteiger partial charge in [0.1, 0.15) is 6.61 Å². The Hall–Kier alpha value is -1.94. The number of carbonyl (C=O) groups excluding carboxylic acids is 1. The molecule has 1 unspecified atom stereocenters. The number of para-hydroxylation sites is 1. The van der Waals surface area contributed by atoms with Gasteiger partial charge in [0.05, 0.1) is 5.52 Å². The Kier molecular flexibility index (Phi) is 4.15. The monoisotopic (exact) mass is 284 g/mol. The molecule has 0 aliphatic carbocycles. The van der Waals surface area contributed by atoms with Gasteiger partial charge in [-0.1, -0.05) is 18.2 Å². The maximum Gasteiger partial charge on any atom is 0.248 e. The van der Waals surface area contributed by atoms with Crippen molar-refractivity contribution >= 4 is 16.8 Å². The molecule has 1 aromatic carbocycles. The first-order valence-electron chi connectivity index (χ1n) is 7.36. The highest BCUT2D eigenvalue weighted by atomic mass is 16.5. The SMILES string of the molecule is COCC(=O)N1CCC(Cc2cnc3ccccc3c2)C1. The molecule has 2 aromatic rings. The summed E-state index contributed by atoms with van der Waals surface area (Å²) in [5.41, 5.74) is 2.28. The molecule has 2 heterocycles. The third-order valence-corrected chi connectivity index (χ3v) is 4.08. The minimum Gasteiger partial charge on any atom is -0.375 e. The number of fused-ring (bicyclic) bond motifs is 1. The number of carbonyl (C=O) groups is 1. The molecule has 1 atom stereocenters. The summed E-state index contributed by atoms with van der Waals surface area (Å²) in [6.07, 6.45) is 4.00. The lowest BCUT2D eigenvalue weighted by Crippen LogP contribution is -2.31. The van der Waals surface area contributed by atoms with Crippen LogP contribution in [0.15, 0.2) is 36.5 Å². The minimum atomic E-state index is 0.0941. The minimum absolute atomic E-state index is 0.0941. The summed E-state index contributed by atoms with van der Waals surface area (Å²) in [5.74, 6) is 0.616. The zero-order chi connectivity index (χ0) is 14.7. The Morgan fingerprint density at radius 3 is 3.14 bits per heavy atom. The Balaban J connectivity index is 1.65. The Labute approximate surface area is 124 Å². The van der Waals surface area contributed by atoms with Crippen molar-refractivity contribution in [2.45, 2.75) is 12.8 Å².